The van der Waals surface area contributed by atoms with Crippen molar-refractivity contribution >= 4 is 170 Å². The molecule has 0 unspecified atom stereocenters. The van der Waals surface area contributed by atoms with Gasteiger partial charge in [-0.1, -0.05) is 0 Å². The van der Waals surface area contributed by atoms with Crippen molar-refractivity contribution in [1.29, 1.82) is 0 Å². The molecule has 32 nitrogen and oxygen atoms in total. The molecule has 0 rings (SSSR count). The van der Waals surface area contributed by atoms with Crippen LogP contribution in [0.25, 0.3) is 0 Å². The van der Waals surface area contributed by atoms with E-state index in [-0.39, 0.29) is 88.7 Å². The van der Waals surface area contributed by atoms with Gasteiger partial charge in [-0.2, -0.15) is 67.3 Å². The minimum absolute atomic E-state index is 0. The van der Waals surface area contributed by atoms with E-state index in [0.717, 1.165) is 0 Å². The Kier molecular flexibility index (Phi) is 71.3. The number of rotatable bonds is 16. The van der Waals surface area contributed by atoms with Crippen molar-refractivity contribution in [2.45, 2.75) is 0 Å². The molecule has 0 aliphatic rings. The van der Waals surface area contributed by atoms with E-state index in [9.17, 15) is 67.3 Å². The topological polar surface area (TPSA) is 597 Å². The second-order valence-electron chi connectivity index (χ2n) is 8.08. The molecule has 0 aromatic carbocycles. The summed E-state index contributed by atoms with van der Waals surface area (Å²) in [5.74, 6) is -4.61. The number of aliphatic hydroxyl groups is 8. The van der Waals surface area contributed by atoms with E-state index in [4.69, 9.17) is 77.3 Å². The first-order valence-electron chi connectivity index (χ1n) is 13.0. The molecule has 0 atom stereocenters. The van der Waals surface area contributed by atoms with Crippen LogP contribution in [0.2, 0.25) is 0 Å². The summed E-state index contributed by atoms with van der Waals surface area (Å²) < 4.78 is 217. The van der Waals surface area contributed by atoms with Crippen LogP contribution in [0, 0.1) is 0 Å². The Morgan fingerprint density at radius 2 is 0.237 bits per heavy atom. The third-order valence-corrected chi connectivity index (χ3v) is 8.38. The Labute approximate surface area is 408 Å². The van der Waals surface area contributed by atoms with Crippen LogP contribution in [0.4, 0.5) is 0 Å². The molecular formula is C16H51Na3O32S8. The van der Waals surface area contributed by atoms with E-state index < -0.39 is 180 Å². The number of hydrogen-bond acceptors (Lipinski definition) is 24. The van der Waals surface area contributed by atoms with Gasteiger partial charge in [0.25, 0.3) is 80.9 Å². The molecule has 0 aliphatic heterocycles. The maximum atomic E-state index is 9.63. The van der Waals surface area contributed by atoms with E-state index in [1.54, 1.807) is 0 Å². The van der Waals surface area contributed by atoms with Crippen LogP contribution in [-0.4, -0.2) is 332 Å². The van der Waals surface area contributed by atoms with Crippen LogP contribution in [0.1, 0.15) is 0 Å². The Morgan fingerprint density at radius 1 is 0.186 bits per heavy atom. The van der Waals surface area contributed by atoms with Crippen LogP contribution < -0.4 is 0 Å². The van der Waals surface area contributed by atoms with Crippen molar-refractivity contribution in [2.24, 2.45) is 0 Å². The normalized spacial score (nSPS) is 11.1. The van der Waals surface area contributed by atoms with E-state index in [1.807, 2.05) is 0 Å². The standard InChI is InChI=1S/8C2H6O4S.3Na.3H/c8*3-1-2-7(4,5)6;;;;;;/h8*3H,1-2H2,(H,4,5,6);;;;;;. The monoisotopic (exact) mass is 1080 g/mol. The molecule has 0 saturated carbocycles. The average molecular weight is 1080 g/mol. The summed E-state index contributed by atoms with van der Waals surface area (Å²) >= 11 is 0. The average Bonchev–Trinajstić information content (AvgIpc) is 2.86. The van der Waals surface area contributed by atoms with Crippen molar-refractivity contribution in [3.63, 3.8) is 0 Å². The van der Waals surface area contributed by atoms with Crippen LogP contribution in [0.5, 0.6) is 0 Å². The van der Waals surface area contributed by atoms with E-state index in [0.29, 0.717) is 0 Å². The quantitative estimate of drug-likeness (QED) is 0.0504. The van der Waals surface area contributed by atoms with Crippen LogP contribution in [0.3, 0.4) is 0 Å². The second kappa shape index (κ2) is 47.9. The third-order valence-electron chi connectivity index (χ3n) is 2.79. The first kappa shape index (κ1) is 87.8. The summed E-state index contributed by atoms with van der Waals surface area (Å²) in [5, 5.41) is 62.9. The third kappa shape index (κ3) is 175. The molecule has 43 heteroatoms. The van der Waals surface area contributed by atoms with Gasteiger partial charge >= 0.3 is 88.7 Å². The fourth-order valence-electron chi connectivity index (χ4n) is 0.923. The zero-order valence-electron chi connectivity index (χ0n) is 28.3. The van der Waals surface area contributed by atoms with Crippen LogP contribution in [0.15, 0.2) is 0 Å². The second-order valence-corrected chi connectivity index (χ2v) is 20.7. The summed E-state index contributed by atoms with van der Waals surface area (Å²) in [6.45, 7) is -4.23. The maximum absolute atomic E-state index is 9.63. The molecule has 0 fully saturated rings. The predicted molar refractivity (Wildman–Crippen MR) is 209 cm³/mol. The van der Waals surface area contributed by atoms with Crippen molar-refractivity contribution < 1.29 is 145 Å². The summed E-state index contributed by atoms with van der Waals surface area (Å²) in [7, 11) is -31.4. The molecule has 358 valence electrons. The first-order chi connectivity index (χ1) is 24.5. The molecule has 0 radical (unpaired) electrons. The van der Waals surface area contributed by atoms with Gasteiger partial charge in [0, 0.05) is 0 Å². The molecule has 16 N–H and O–H groups in total. The summed E-state index contributed by atoms with van der Waals surface area (Å²) in [6.07, 6.45) is 0. The Bertz CT molecular complexity index is 1410. The van der Waals surface area contributed by atoms with Crippen molar-refractivity contribution in [2.75, 3.05) is 98.9 Å². The molecule has 0 aromatic rings. The summed E-state index contributed by atoms with van der Waals surface area (Å²) in [6, 6.07) is 0. The molecule has 0 amide bonds. The van der Waals surface area contributed by atoms with Gasteiger partial charge in [0.15, 0.2) is 0 Å². The van der Waals surface area contributed by atoms with Crippen LogP contribution in [-0.2, 0) is 80.9 Å². The van der Waals surface area contributed by atoms with Gasteiger partial charge in [-0.25, -0.2) is 0 Å². The Hall–Kier alpha value is 1.96. The fraction of sp³-hybridized carbons (Fsp3) is 1.00. The SMILES string of the molecule is O=S(=O)(O)CCO.O=S(=O)(O)CCO.O=S(=O)(O)CCO.O=S(=O)(O)CCO.O=S(=O)(O)CCO.O=S(=O)(O)CCO.O=S(=O)(O)CCO.O=S(=O)(O)CCO.[NaH].[NaH].[NaH]. The minimum atomic E-state index is -3.92. The van der Waals surface area contributed by atoms with Crippen LogP contribution >= 0.6 is 0 Å². The zero-order valence-corrected chi connectivity index (χ0v) is 34.8. The number of hydrogen-bond donors (Lipinski definition) is 16. The Balaban J connectivity index is -0.0000000492. The van der Waals surface area contributed by atoms with Gasteiger partial charge in [0.1, 0.15) is 0 Å². The molecule has 0 aromatic heterocycles. The van der Waals surface area contributed by atoms with Gasteiger partial charge in [-0.05, 0) is 0 Å². The molecule has 0 bridgehead atoms. The van der Waals surface area contributed by atoms with Crippen molar-refractivity contribution in [3.8, 4) is 0 Å². The molecule has 0 aliphatic carbocycles. The summed E-state index contributed by atoms with van der Waals surface area (Å²) in [5.41, 5.74) is 0. The van der Waals surface area contributed by atoms with Gasteiger partial charge in [-0.15, -0.1) is 0 Å². The first-order valence-corrected chi connectivity index (χ1v) is 25.8. The molecule has 59 heavy (non-hydrogen) atoms. The van der Waals surface area contributed by atoms with Gasteiger partial charge in [0.2, 0.25) is 0 Å². The van der Waals surface area contributed by atoms with Gasteiger partial charge < -0.3 is 40.9 Å². The molecule has 0 heterocycles. The van der Waals surface area contributed by atoms with E-state index in [2.05, 4.69) is 0 Å². The summed E-state index contributed by atoms with van der Waals surface area (Å²) in [4.78, 5) is 0. The zero-order chi connectivity index (χ0) is 47.3. The van der Waals surface area contributed by atoms with Gasteiger partial charge in [0.05, 0.1) is 98.9 Å². The molecule has 0 spiro atoms. The Morgan fingerprint density at radius 3 is 0.237 bits per heavy atom. The van der Waals surface area contributed by atoms with Crippen molar-refractivity contribution in [1.82, 2.24) is 0 Å². The van der Waals surface area contributed by atoms with E-state index >= 15 is 0 Å². The van der Waals surface area contributed by atoms with E-state index in [1.165, 1.54) is 0 Å². The molecular weight excluding hydrogens is 1030 g/mol. The molecule has 0 saturated heterocycles. The predicted octanol–water partition coefficient (Wildman–Crippen LogP) is -11.0. The fourth-order valence-corrected chi connectivity index (χ4v) is 2.77. The van der Waals surface area contributed by atoms with Crippen molar-refractivity contribution in [3.05, 3.63) is 0 Å². The number of aliphatic hydroxyl groups excluding tert-OH is 8. The van der Waals surface area contributed by atoms with Gasteiger partial charge in [-0.3, -0.25) is 36.4 Å².